The third-order valence-corrected chi connectivity index (χ3v) is 2.86. The van der Waals surface area contributed by atoms with Crippen LogP contribution in [-0.4, -0.2) is 6.26 Å². The van der Waals surface area contributed by atoms with Gasteiger partial charge in [-0.2, -0.15) is 5.26 Å². The van der Waals surface area contributed by atoms with Gasteiger partial charge < -0.3 is 0 Å². The zero-order valence-corrected chi connectivity index (χ0v) is 9.77. The molecule has 1 aromatic rings. The highest BCUT2D eigenvalue weighted by atomic mass is 32.2. The maximum absolute atomic E-state index is 8.79. The van der Waals surface area contributed by atoms with E-state index in [9.17, 15) is 0 Å². The number of allylic oxidation sites excluding steroid dienone is 2. The van der Waals surface area contributed by atoms with E-state index in [1.54, 1.807) is 17.8 Å². The van der Waals surface area contributed by atoms with Crippen molar-refractivity contribution in [2.45, 2.75) is 11.8 Å². The summed E-state index contributed by atoms with van der Waals surface area (Å²) in [6.45, 7) is 5.64. The van der Waals surface area contributed by atoms with Crippen LogP contribution in [0.2, 0.25) is 0 Å². The van der Waals surface area contributed by atoms with E-state index in [1.165, 1.54) is 10.5 Å². The van der Waals surface area contributed by atoms with E-state index < -0.39 is 0 Å². The molecule has 0 aliphatic rings. The Kier molecular flexibility index (Phi) is 4.20. The number of rotatable bonds is 3. The molecule has 0 saturated heterocycles. The molecule has 0 amide bonds. The molecule has 0 aliphatic heterocycles. The Hall–Kier alpha value is -1.46. The van der Waals surface area contributed by atoms with E-state index >= 15 is 0 Å². The molecular weight excluding hydrogens is 202 g/mol. The van der Waals surface area contributed by atoms with Gasteiger partial charge in [0, 0.05) is 4.90 Å². The first-order valence-corrected chi connectivity index (χ1v) is 5.82. The van der Waals surface area contributed by atoms with Gasteiger partial charge in [0.15, 0.2) is 0 Å². The highest BCUT2D eigenvalue weighted by Gasteiger charge is 1.98. The summed E-state index contributed by atoms with van der Waals surface area (Å²) in [5.41, 5.74) is 2.84. The van der Waals surface area contributed by atoms with Gasteiger partial charge in [-0.1, -0.05) is 18.7 Å². The number of nitriles is 1. The second-order valence-electron chi connectivity index (χ2n) is 3.14. The van der Waals surface area contributed by atoms with Crippen LogP contribution in [0.5, 0.6) is 0 Å². The van der Waals surface area contributed by atoms with E-state index in [0.717, 1.165) is 5.56 Å². The SMILES string of the molecule is C=C/C(C#N)=C\c1ccc(SC)cc1C. The van der Waals surface area contributed by atoms with Crippen LogP contribution in [0.25, 0.3) is 6.08 Å². The fraction of sp³-hybridized carbons (Fsp3) is 0.154. The van der Waals surface area contributed by atoms with Crippen molar-refractivity contribution in [1.29, 1.82) is 5.26 Å². The lowest BCUT2D eigenvalue weighted by Crippen LogP contribution is -1.83. The Morgan fingerprint density at radius 2 is 2.27 bits per heavy atom. The summed E-state index contributed by atoms with van der Waals surface area (Å²) in [5.74, 6) is 0. The summed E-state index contributed by atoms with van der Waals surface area (Å²) in [6, 6.07) is 8.30. The lowest BCUT2D eigenvalue weighted by molar-refractivity contribution is 1.34. The van der Waals surface area contributed by atoms with Crippen molar-refractivity contribution in [1.82, 2.24) is 0 Å². The number of hydrogen-bond donors (Lipinski definition) is 0. The summed E-state index contributed by atoms with van der Waals surface area (Å²) in [4.78, 5) is 1.24. The van der Waals surface area contributed by atoms with Gasteiger partial charge in [-0.3, -0.25) is 0 Å². The molecule has 0 unspecified atom stereocenters. The van der Waals surface area contributed by atoms with Gasteiger partial charge in [-0.15, -0.1) is 11.8 Å². The number of aryl methyl sites for hydroxylation is 1. The molecule has 1 nitrogen and oxygen atoms in total. The van der Waals surface area contributed by atoms with Crippen molar-refractivity contribution < 1.29 is 0 Å². The minimum Gasteiger partial charge on any atom is -0.192 e. The molecule has 0 radical (unpaired) electrons. The Bertz CT molecular complexity index is 438. The van der Waals surface area contributed by atoms with Crippen molar-refractivity contribution in [2.24, 2.45) is 0 Å². The lowest BCUT2D eigenvalue weighted by atomic mass is 10.1. The van der Waals surface area contributed by atoms with Gasteiger partial charge in [0.25, 0.3) is 0 Å². The van der Waals surface area contributed by atoms with Crippen LogP contribution in [-0.2, 0) is 0 Å². The second-order valence-corrected chi connectivity index (χ2v) is 4.02. The van der Waals surface area contributed by atoms with Gasteiger partial charge in [0.05, 0.1) is 11.6 Å². The van der Waals surface area contributed by atoms with Crippen molar-refractivity contribution in [2.75, 3.05) is 6.26 Å². The van der Waals surface area contributed by atoms with E-state index in [2.05, 4.69) is 31.0 Å². The van der Waals surface area contributed by atoms with Crippen LogP contribution < -0.4 is 0 Å². The molecule has 0 bridgehead atoms. The van der Waals surface area contributed by atoms with Crippen molar-refractivity contribution in [3.8, 4) is 6.07 Å². The fourth-order valence-electron chi connectivity index (χ4n) is 1.24. The third kappa shape index (κ3) is 3.00. The number of thioether (sulfide) groups is 1. The van der Waals surface area contributed by atoms with Crippen LogP contribution in [0.15, 0.2) is 41.3 Å². The first kappa shape index (κ1) is 11.6. The van der Waals surface area contributed by atoms with E-state index in [-0.39, 0.29) is 0 Å². The summed E-state index contributed by atoms with van der Waals surface area (Å²) in [6.07, 6.45) is 5.48. The Morgan fingerprint density at radius 3 is 2.73 bits per heavy atom. The van der Waals surface area contributed by atoms with Gasteiger partial charge in [-0.25, -0.2) is 0 Å². The molecule has 0 aromatic heterocycles. The predicted octanol–water partition coefficient (Wildman–Crippen LogP) is 3.81. The normalized spacial score (nSPS) is 10.9. The lowest BCUT2D eigenvalue weighted by Gasteiger charge is -2.03. The topological polar surface area (TPSA) is 23.8 Å². The largest absolute Gasteiger partial charge is 0.192 e. The average Bonchev–Trinajstić information content (AvgIpc) is 2.27. The summed E-state index contributed by atoms with van der Waals surface area (Å²) in [7, 11) is 0. The number of benzene rings is 1. The zero-order chi connectivity index (χ0) is 11.3. The smallest absolute Gasteiger partial charge is 0.0991 e. The molecule has 0 N–H and O–H groups in total. The van der Waals surface area contributed by atoms with E-state index in [4.69, 9.17) is 5.26 Å². The molecule has 2 heteroatoms. The van der Waals surface area contributed by atoms with Crippen LogP contribution >= 0.6 is 11.8 Å². The average molecular weight is 215 g/mol. The molecule has 0 fully saturated rings. The third-order valence-electron chi connectivity index (χ3n) is 2.14. The quantitative estimate of drug-likeness (QED) is 0.435. The van der Waals surface area contributed by atoms with Crippen molar-refractivity contribution in [3.05, 3.63) is 47.6 Å². The van der Waals surface area contributed by atoms with Crippen LogP contribution in [0.3, 0.4) is 0 Å². The molecule has 1 rings (SSSR count). The Labute approximate surface area is 95.1 Å². The molecule has 76 valence electrons. The molecule has 0 aliphatic carbocycles. The minimum absolute atomic E-state index is 0.593. The second kappa shape index (κ2) is 5.43. The standard InChI is InChI=1S/C13H13NS/c1-4-11(9-14)8-12-5-6-13(15-3)7-10(12)2/h4-8H,1H2,2-3H3/b11-8+. The summed E-state index contributed by atoms with van der Waals surface area (Å²) in [5, 5.41) is 8.79. The number of nitrogens with zero attached hydrogens (tertiary/aromatic N) is 1. The number of hydrogen-bond acceptors (Lipinski definition) is 2. The molecule has 1 aromatic carbocycles. The van der Waals surface area contributed by atoms with Crippen LogP contribution in [0.4, 0.5) is 0 Å². The van der Waals surface area contributed by atoms with Gasteiger partial charge in [0.2, 0.25) is 0 Å². The Balaban J connectivity index is 3.12. The Morgan fingerprint density at radius 1 is 1.53 bits per heavy atom. The van der Waals surface area contributed by atoms with E-state index in [1.807, 2.05) is 19.1 Å². The first-order valence-electron chi connectivity index (χ1n) is 4.60. The van der Waals surface area contributed by atoms with Crippen LogP contribution in [0, 0.1) is 18.3 Å². The highest BCUT2D eigenvalue weighted by Crippen LogP contribution is 2.20. The summed E-state index contributed by atoms with van der Waals surface area (Å²) < 4.78 is 0. The predicted molar refractivity (Wildman–Crippen MR) is 66.7 cm³/mol. The fourth-order valence-corrected chi connectivity index (χ4v) is 1.74. The molecule has 0 spiro atoms. The molecule has 0 atom stereocenters. The molecule has 0 heterocycles. The van der Waals surface area contributed by atoms with Crippen LogP contribution in [0.1, 0.15) is 11.1 Å². The van der Waals surface area contributed by atoms with Crippen molar-refractivity contribution >= 4 is 17.8 Å². The zero-order valence-electron chi connectivity index (χ0n) is 8.95. The van der Waals surface area contributed by atoms with Crippen molar-refractivity contribution in [3.63, 3.8) is 0 Å². The first-order chi connectivity index (χ1) is 7.21. The molecular formula is C13H13NS. The molecule has 0 saturated carbocycles. The monoisotopic (exact) mass is 215 g/mol. The minimum atomic E-state index is 0.593. The van der Waals surface area contributed by atoms with Gasteiger partial charge in [-0.05, 0) is 42.5 Å². The van der Waals surface area contributed by atoms with E-state index in [0.29, 0.717) is 5.57 Å². The maximum atomic E-state index is 8.79. The highest BCUT2D eigenvalue weighted by molar-refractivity contribution is 7.98. The maximum Gasteiger partial charge on any atom is 0.0991 e. The molecule has 15 heavy (non-hydrogen) atoms. The summed E-state index contributed by atoms with van der Waals surface area (Å²) >= 11 is 1.72. The van der Waals surface area contributed by atoms with Gasteiger partial charge >= 0.3 is 0 Å². The van der Waals surface area contributed by atoms with Gasteiger partial charge in [0.1, 0.15) is 0 Å².